The van der Waals surface area contributed by atoms with Crippen LogP contribution in [0.5, 0.6) is 0 Å². The lowest BCUT2D eigenvalue weighted by molar-refractivity contribution is -0.141. The molecule has 0 aliphatic carbocycles. The lowest BCUT2D eigenvalue weighted by Crippen LogP contribution is -2.39. The smallest absolute Gasteiger partial charge is 0.408 e. The van der Waals surface area contributed by atoms with Crippen molar-refractivity contribution in [2.24, 2.45) is 0 Å². The molecule has 1 aliphatic rings. The van der Waals surface area contributed by atoms with Crippen LogP contribution in [-0.4, -0.2) is 54.3 Å². The summed E-state index contributed by atoms with van der Waals surface area (Å²) in [6, 6.07) is 4.66. The average Bonchev–Trinajstić information content (AvgIpc) is 2.82. The standard InChI is InChI=1S/C13H15NO7S/c1-8-2-4-10(5-3-8)22(19,20)21-9-6-11(12(15)16)14(7-9)13(17)18/h2-5,9,11H,6-7H2,1H3,(H,15,16)(H,17,18)/t9-,11+/m0/s1. The number of rotatable bonds is 4. The minimum absolute atomic E-state index is 0.0567. The van der Waals surface area contributed by atoms with Crippen molar-refractivity contribution in [1.82, 2.24) is 4.90 Å². The molecule has 1 saturated heterocycles. The van der Waals surface area contributed by atoms with Gasteiger partial charge in [-0.15, -0.1) is 0 Å². The molecule has 8 nitrogen and oxygen atoms in total. The number of hydrogen-bond donors (Lipinski definition) is 2. The molecule has 1 heterocycles. The molecule has 0 bridgehead atoms. The highest BCUT2D eigenvalue weighted by Crippen LogP contribution is 2.24. The Kier molecular flexibility index (Phi) is 4.38. The molecule has 1 aromatic carbocycles. The van der Waals surface area contributed by atoms with Gasteiger partial charge >= 0.3 is 12.1 Å². The summed E-state index contributed by atoms with van der Waals surface area (Å²) in [4.78, 5) is 22.6. The molecule has 120 valence electrons. The predicted octanol–water partition coefficient (Wildman–Crippen LogP) is 0.906. The van der Waals surface area contributed by atoms with E-state index in [2.05, 4.69) is 0 Å². The summed E-state index contributed by atoms with van der Waals surface area (Å²) < 4.78 is 29.2. The quantitative estimate of drug-likeness (QED) is 0.787. The minimum atomic E-state index is -4.07. The maximum Gasteiger partial charge on any atom is 0.408 e. The third-order valence-corrected chi connectivity index (χ3v) is 4.74. The number of aryl methyl sites for hydroxylation is 1. The van der Waals surface area contributed by atoms with Gasteiger partial charge in [-0.3, -0.25) is 9.08 Å². The third-order valence-electron chi connectivity index (χ3n) is 3.37. The van der Waals surface area contributed by atoms with Gasteiger partial charge in [0.1, 0.15) is 6.04 Å². The molecule has 2 N–H and O–H groups in total. The fourth-order valence-corrected chi connectivity index (χ4v) is 3.33. The molecule has 0 spiro atoms. The first kappa shape index (κ1) is 16.2. The zero-order chi connectivity index (χ0) is 16.5. The fraction of sp³-hybridized carbons (Fsp3) is 0.385. The monoisotopic (exact) mass is 329 g/mol. The van der Waals surface area contributed by atoms with E-state index in [1.54, 1.807) is 19.1 Å². The van der Waals surface area contributed by atoms with E-state index in [-0.39, 0.29) is 17.9 Å². The average molecular weight is 329 g/mol. The van der Waals surface area contributed by atoms with Crippen molar-refractivity contribution in [3.63, 3.8) is 0 Å². The SMILES string of the molecule is Cc1ccc(S(=O)(=O)O[C@H]2C[C@H](C(=O)O)N(C(=O)O)C2)cc1. The molecule has 0 saturated carbocycles. The number of benzene rings is 1. The van der Waals surface area contributed by atoms with Gasteiger partial charge in [-0.1, -0.05) is 17.7 Å². The number of carboxylic acids is 1. The molecule has 2 atom stereocenters. The number of carbonyl (C=O) groups is 2. The first-order valence-electron chi connectivity index (χ1n) is 6.43. The number of nitrogens with zero attached hydrogens (tertiary/aromatic N) is 1. The normalized spacial score (nSPS) is 21.8. The first-order valence-corrected chi connectivity index (χ1v) is 7.84. The second kappa shape index (κ2) is 5.93. The predicted molar refractivity (Wildman–Crippen MR) is 74.0 cm³/mol. The van der Waals surface area contributed by atoms with Crippen molar-refractivity contribution >= 4 is 22.2 Å². The van der Waals surface area contributed by atoms with E-state index in [1.807, 2.05) is 0 Å². The minimum Gasteiger partial charge on any atom is -0.480 e. The van der Waals surface area contributed by atoms with Crippen LogP contribution in [0.2, 0.25) is 0 Å². The van der Waals surface area contributed by atoms with E-state index in [0.29, 0.717) is 4.90 Å². The molecular weight excluding hydrogens is 314 g/mol. The lowest BCUT2D eigenvalue weighted by Gasteiger charge is -2.16. The first-order chi connectivity index (χ1) is 10.2. The summed E-state index contributed by atoms with van der Waals surface area (Å²) in [6.45, 7) is 1.49. The van der Waals surface area contributed by atoms with Gasteiger partial charge in [-0.2, -0.15) is 8.42 Å². The maximum absolute atomic E-state index is 12.1. The Hall–Kier alpha value is -2.13. The Morgan fingerprint density at radius 3 is 2.27 bits per heavy atom. The molecule has 9 heteroatoms. The van der Waals surface area contributed by atoms with Gasteiger partial charge < -0.3 is 10.2 Å². The van der Waals surface area contributed by atoms with Crippen molar-refractivity contribution in [2.45, 2.75) is 30.4 Å². The van der Waals surface area contributed by atoms with Crippen LogP contribution in [0.15, 0.2) is 29.2 Å². The zero-order valence-electron chi connectivity index (χ0n) is 11.7. The van der Waals surface area contributed by atoms with Gasteiger partial charge in [-0.25, -0.2) is 9.59 Å². The Labute approximate surface area is 127 Å². The van der Waals surface area contributed by atoms with Crippen LogP contribution in [0.25, 0.3) is 0 Å². The van der Waals surface area contributed by atoms with Crippen molar-refractivity contribution in [3.8, 4) is 0 Å². The lowest BCUT2D eigenvalue weighted by atomic mass is 10.2. The summed E-state index contributed by atoms with van der Waals surface area (Å²) in [6.07, 6.45) is -2.66. The summed E-state index contributed by atoms with van der Waals surface area (Å²) in [7, 11) is -4.07. The van der Waals surface area contributed by atoms with Crippen LogP contribution in [0.3, 0.4) is 0 Å². The van der Waals surface area contributed by atoms with Crippen LogP contribution >= 0.6 is 0 Å². The van der Waals surface area contributed by atoms with E-state index in [9.17, 15) is 18.0 Å². The molecule has 1 amide bonds. The van der Waals surface area contributed by atoms with Gasteiger partial charge in [0, 0.05) is 6.42 Å². The van der Waals surface area contributed by atoms with Crippen LogP contribution in [0.1, 0.15) is 12.0 Å². The summed E-state index contributed by atoms with van der Waals surface area (Å²) in [5, 5.41) is 17.9. The van der Waals surface area contributed by atoms with Crippen LogP contribution < -0.4 is 0 Å². The van der Waals surface area contributed by atoms with Crippen molar-refractivity contribution in [2.75, 3.05) is 6.54 Å². The molecule has 1 fully saturated rings. The van der Waals surface area contributed by atoms with Gasteiger partial charge in [-0.05, 0) is 19.1 Å². The Morgan fingerprint density at radius 1 is 1.23 bits per heavy atom. The van der Waals surface area contributed by atoms with E-state index in [0.717, 1.165) is 5.56 Å². The van der Waals surface area contributed by atoms with Crippen LogP contribution in [0.4, 0.5) is 4.79 Å². The van der Waals surface area contributed by atoms with Crippen molar-refractivity contribution in [3.05, 3.63) is 29.8 Å². The number of hydrogen-bond acceptors (Lipinski definition) is 5. The molecular formula is C13H15NO7S. The van der Waals surface area contributed by atoms with E-state index in [1.165, 1.54) is 12.1 Å². The Balaban J connectivity index is 2.15. The number of aliphatic carboxylic acids is 1. The highest BCUT2D eigenvalue weighted by molar-refractivity contribution is 7.86. The van der Waals surface area contributed by atoms with E-state index >= 15 is 0 Å². The van der Waals surface area contributed by atoms with Crippen molar-refractivity contribution < 1.29 is 32.4 Å². The fourth-order valence-electron chi connectivity index (χ4n) is 2.25. The van der Waals surface area contributed by atoms with Gasteiger partial charge in [0.15, 0.2) is 0 Å². The highest BCUT2D eigenvalue weighted by Gasteiger charge is 2.42. The summed E-state index contributed by atoms with van der Waals surface area (Å²) in [5.41, 5.74) is 0.878. The summed E-state index contributed by atoms with van der Waals surface area (Å²) in [5.74, 6) is -1.33. The summed E-state index contributed by atoms with van der Waals surface area (Å²) >= 11 is 0. The van der Waals surface area contributed by atoms with Crippen LogP contribution in [-0.2, 0) is 19.1 Å². The van der Waals surface area contributed by atoms with E-state index in [4.69, 9.17) is 14.4 Å². The topological polar surface area (TPSA) is 121 Å². The molecule has 0 aromatic heterocycles. The second-order valence-electron chi connectivity index (χ2n) is 5.01. The zero-order valence-corrected chi connectivity index (χ0v) is 12.5. The van der Waals surface area contributed by atoms with Gasteiger partial charge in [0.05, 0.1) is 17.5 Å². The van der Waals surface area contributed by atoms with Gasteiger partial charge in [0.2, 0.25) is 0 Å². The molecule has 22 heavy (non-hydrogen) atoms. The molecule has 0 unspecified atom stereocenters. The van der Waals surface area contributed by atoms with E-state index < -0.39 is 34.3 Å². The Bertz CT molecular complexity index is 661. The molecule has 0 radical (unpaired) electrons. The number of amides is 1. The van der Waals surface area contributed by atoms with Gasteiger partial charge in [0.25, 0.3) is 10.1 Å². The molecule has 1 aliphatic heterocycles. The molecule has 2 rings (SSSR count). The van der Waals surface area contributed by atoms with Crippen molar-refractivity contribution in [1.29, 1.82) is 0 Å². The second-order valence-corrected chi connectivity index (χ2v) is 6.58. The number of likely N-dealkylation sites (tertiary alicyclic amines) is 1. The molecule has 1 aromatic rings. The third kappa shape index (κ3) is 3.37. The largest absolute Gasteiger partial charge is 0.480 e. The Morgan fingerprint density at radius 2 is 1.82 bits per heavy atom. The highest BCUT2D eigenvalue weighted by atomic mass is 32.2. The number of carboxylic acid groups (broad SMARTS) is 2. The van der Waals surface area contributed by atoms with Crippen LogP contribution in [0, 0.1) is 6.92 Å². The maximum atomic E-state index is 12.1.